The molecule has 0 aliphatic heterocycles. The van der Waals surface area contributed by atoms with Gasteiger partial charge in [-0.25, -0.2) is 0 Å². The molecule has 0 aliphatic rings. The Balaban J connectivity index is 1.90. The predicted molar refractivity (Wildman–Crippen MR) is 92.5 cm³/mol. The van der Waals surface area contributed by atoms with Crippen LogP contribution in [0.15, 0.2) is 52.9 Å². The molecule has 0 spiro atoms. The maximum atomic E-state index is 12.7. The molecule has 1 amide bonds. The maximum Gasteiger partial charge on any atom is 0.253 e. The molecule has 120 valence electrons. The van der Waals surface area contributed by atoms with Gasteiger partial charge in [0, 0.05) is 36.5 Å². The van der Waals surface area contributed by atoms with Gasteiger partial charge in [-0.05, 0) is 24.3 Å². The smallest absolute Gasteiger partial charge is 0.253 e. The van der Waals surface area contributed by atoms with E-state index in [2.05, 4.69) is 6.07 Å². The van der Waals surface area contributed by atoms with Crippen molar-refractivity contribution in [3.63, 3.8) is 0 Å². The first-order valence-electron chi connectivity index (χ1n) is 7.89. The molecule has 3 aromatic rings. The molecule has 0 atom stereocenters. The van der Waals surface area contributed by atoms with Gasteiger partial charge in [0.1, 0.15) is 11.3 Å². The summed E-state index contributed by atoms with van der Waals surface area (Å²) in [7, 11) is 1.77. The van der Waals surface area contributed by atoms with Gasteiger partial charge in [-0.15, -0.1) is 0 Å². The third kappa shape index (κ3) is 2.89. The first-order chi connectivity index (χ1) is 11.6. The molecule has 24 heavy (non-hydrogen) atoms. The number of benzene rings is 2. The van der Waals surface area contributed by atoms with Crippen LogP contribution < -0.4 is 0 Å². The number of carbonyl (C=O) groups is 1. The Morgan fingerprint density at radius 2 is 2.00 bits per heavy atom. The molecule has 0 saturated carbocycles. The molecule has 2 aromatic carbocycles. The minimum absolute atomic E-state index is 0.112. The number of para-hydroxylation sites is 1. The summed E-state index contributed by atoms with van der Waals surface area (Å²) in [6, 6.07) is 16.7. The number of hydrogen-bond acceptors (Lipinski definition) is 3. The molecule has 4 heteroatoms. The van der Waals surface area contributed by atoms with Crippen molar-refractivity contribution < 1.29 is 9.21 Å². The fraction of sp³-hybridized carbons (Fsp3) is 0.200. The molecule has 0 N–H and O–H groups in total. The molecule has 0 radical (unpaired) electrons. The van der Waals surface area contributed by atoms with Crippen LogP contribution in [0.4, 0.5) is 0 Å². The van der Waals surface area contributed by atoms with Crippen molar-refractivity contribution in [3.05, 3.63) is 71.0 Å². The van der Waals surface area contributed by atoms with E-state index in [9.17, 15) is 4.79 Å². The van der Waals surface area contributed by atoms with Crippen LogP contribution in [0.1, 0.15) is 34.2 Å². The van der Waals surface area contributed by atoms with Gasteiger partial charge in [0.15, 0.2) is 0 Å². The molecular weight excluding hydrogens is 300 g/mol. The highest BCUT2D eigenvalue weighted by atomic mass is 16.3. The number of fused-ring (bicyclic) bond motifs is 1. The van der Waals surface area contributed by atoms with E-state index in [0.717, 1.165) is 28.7 Å². The number of furan rings is 1. The summed E-state index contributed by atoms with van der Waals surface area (Å²) in [5, 5.41) is 10.0. The lowest BCUT2D eigenvalue weighted by Crippen LogP contribution is -2.26. The van der Waals surface area contributed by atoms with Gasteiger partial charge in [-0.3, -0.25) is 4.79 Å². The van der Waals surface area contributed by atoms with E-state index in [1.54, 1.807) is 36.2 Å². The fourth-order valence-electron chi connectivity index (χ4n) is 2.86. The summed E-state index contributed by atoms with van der Waals surface area (Å²) in [5.74, 6) is 0.793. The van der Waals surface area contributed by atoms with Gasteiger partial charge in [0.05, 0.1) is 11.6 Å². The highest BCUT2D eigenvalue weighted by Crippen LogP contribution is 2.27. The Labute approximate surface area is 140 Å². The van der Waals surface area contributed by atoms with Crippen molar-refractivity contribution in [1.82, 2.24) is 4.90 Å². The van der Waals surface area contributed by atoms with Crippen LogP contribution in [0.3, 0.4) is 0 Å². The zero-order valence-corrected chi connectivity index (χ0v) is 13.7. The first-order valence-corrected chi connectivity index (χ1v) is 7.89. The van der Waals surface area contributed by atoms with E-state index in [1.807, 2.05) is 31.2 Å². The number of carbonyl (C=O) groups excluding carboxylic acids is 1. The zero-order valence-electron chi connectivity index (χ0n) is 13.7. The molecule has 0 saturated heterocycles. The number of rotatable bonds is 4. The van der Waals surface area contributed by atoms with E-state index in [4.69, 9.17) is 9.68 Å². The predicted octanol–water partition coefficient (Wildman–Crippen LogP) is 4.14. The second kappa shape index (κ2) is 6.59. The van der Waals surface area contributed by atoms with Crippen molar-refractivity contribution in [3.8, 4) is 6.07 Å². The van der Waals surface area contributed by atoms with Crippen LogP contribution >= 0.6 is 0 Å². The molecule has 0 aliphatic carbocycles. The monoisotopic (exact) mass is 318 g/mol. The summed E-state index contributed by atoms with van der Waals surface area (Å²) >= 11 is 0. The summed E-state index contributed by atoms with van der Waals surface area (Å²) in [5.41, 5.74) is 2.89. The molecule has 1 aromatic heterocycles. The highest BCUT2D eigenvalue weighted by Gasteiger charge is 2.18. The van der Waals surface area contributed by atoms with Crippen molar-refractivity contribution in [2.45, 2.75) is 19.9 Å². The standard InChI is InChI=1S/C20H18N2O2/c1-3-18-17(16-9-4-5-10-19(16)24-18)13-22(2)20(23)15-8-6-7-14(11-15)12-21/h4-11H,3,13H2,1-2H3. The SMILES string of the molecule is CCc1oc2ccccc2c1CN(C)C(=O)c1cccc(C#N)c1. The minimum Gasteiger partial charge on any atom is -0.461 e. The Hall–Kier alpha value is -3.06. The number of nitriles is 1. The molecule has 3 rings (SSSR count). The van der Waals surface area contributed by atoms with E-state index in [1.165, 1.54) is 0 Å². The van der Waals surface area contributed by atoms with E-state index in [0.29, 0.717) is 17.7 Å². The second-order valence-electron chi connectivity index (χ2n) is 5.71. The van der Waals surface area contributed by atoms with Gasteiger partial charge in [-0.2, -0.15) is 5.26 Å². The Morgan fingerprint density at radius 1 is 1.21 bits per heavy atom. The molecule has 0 unspecified atom stereocenters. The Morgan fingerprint density at radius 3 is 2.75 bits per heavy atom. The topological polar surface area (TPSA) is 57.2 Å². The second-order valence-corrected chi connectivity index (χ2v) is 5.71. The Kier molecular flexibility index (Phi) is 4.35. The number of nitrogens with zero attached hydrogens (tertiary/aromatic N) is 2. The zero-order chi connectivity index (χ0) is 17.1. The Bertz CT molecular complexity index is 934. The van der Waals surface area contributed by atoms with Gasteiger partial charge in [-0.1, -0.05) is 31.2 Å². The lowest BCUT2D eigenvalue weighted by Gasteiger charge is -2.17. The van der Waals surface area contributed by atoms with Crippen molar-refractivity contribution in [1.29, 1.82) is 5.26 Å². The van der Waals surface area contributed by atoms with Crippen molar-refractivity contribution in [2.24, 2.45) is 0 Å². The largest absolute Gasteiger partial charge is 0.461 e. The third-order valence-electron chi connectivity index (χ3n) is 4.08. The first kappa shape index (κ1) is 15.8. The van der Waals surface area contributed by atoms with E-state index in [-0.39, 0.29) is 5.91 Å². The van der Waals surface area contributed by atoms with E-state index < -0.39 is 0 Å². The van der Waals surface area contributed by atoms with Gasteiger partial charge in [0.2, 0.25) is 0 Å². The van der Waals surface area contributed by atoms with Crippen LogP contribution in [-0.2, 0) is 13.0 Å². The summed E-state index contributed by atoms with van der Waals surface area (Å²) < 4.78 is 5.89. The maximum absolute atomic E-state index is 12.7. The average Bonchev–Trinajstić information content (AvgIpc) is 2.98. The van der Waals surface area contributed by atoms with Crippen LogP contribution in [0, 0.1) is 11.3 Å². The fourth-order valence-corrected chi connectivity index (χ4v) is 2.86. The van der Waals surface area contributed by atoms with Gasteiger partial charge >= 0.3 is 0 Å². The normalized spacial score (nSPS) is 10.5. The summed E-state index contributed by atoms with van der Waals surface area (Å²) in [6.07, 6.45) is 0.774. The van der Waals surface area contributed by atoms with Crippen molar-refractivity contribution >= 4 is 16.9 Å². The summed E-state index contributed by atoms with van der Waals surface area (Å²) in [4.78, 5) is 14.3. The molecular formula is C20H18N2O2. The quantitative estimate of drug-likeness (QED) is 0.726. The van der Waals surface area contributed by atoms with Gasteiger partial charge < -0.3 is 9.32 Å². The lowest BCUT2D eigenvalue weighted by atomic mass is 10.1. The van der Waals surface area contributed by atoms with Crippen LogP contribution in [-0.4, -0.2) is 17.9 Å². The van der Waals surface area contributed by atoms with Crippen molar-refractivity contribution in [2.75, 3.05) is 7.05 Å². The highest BCUT2D eigenvalue weighted by molar-refractivity contribution is 5.94. The van der Waals surface area contributed by atoms with Crippen LogP contribution in [0.2, 0.25) is 0 Å². The molecule has 4 nitrogen and oxygen atoms in total. The average molecular weight is 318 g/mol. The minimum atomic E-state index is -0.112. The lowest BCUT2D eigenvalue weighted by molar-refractivity contribution is 0.0785. The number of amides is 1. The summed E-state index contributed by atoms with van der Waals surface area (Å²) in [6.45, 7) is 2.51. The third-order valence-corrected chi connectivity index (χ3v) is 4.08. The molecule has 0 fully saturated rings. The number of hydrogen-bond donors (Lipinski definition) is 0. The molecule has 0 bridgehead atoms. The van der Waals surface area contributed by atoms with E-state index >= 15 is 0 Å². The molecule has 1 heterocycles. The van der Waals surface area contributed by atoms with Crippen LogP contribution in [0.25, 0.3) is 11.0 Å². The van der Waals surface area contributed by atoms with Crippen LogP contribution in [0.5, 0.6) is 0 Å². The number of aryl methyl sites for hydroxylation is 1. The van der Waals surface area contributed by atoms with Gasteiger partial charge in [0.25, 0.3) is 5.91 Å².